The molecule has 0 bridgehead atoms. The third kappa shape index (κ3) is 5.61. The zero-order chi connectivity index (χ0) is 18.7. The average Bonchev–Trinajstić information content (AvgIpc) is 2.37. The highest BCUT2D eigenvalue weighted by Gasteiger charge is 2.67. The van der Waals surface area contributed by atoms with Crippen molar-refractivity contribution in [3.63, 3.8) is 0 Å². The third-order valence-corrected chi connectivity index (χ3v) is 5.25. The average molecular weight is 384 g/mol. The molecule has 0 spiro atoms. The number of benzene rings is 1. The molecule has 0 amide bonds. The van der Waals surface area contributed by atoms with Crippen molar-refractivity contribution in [2.45, 2.75) is 17.6 Å². The zero-order valence-corrected chi connectivity index (χ0v) is 14.0. The topological polar surface area (TPSA) is 57.2 Å². The molecular formula is C12H15F6O3PS. The summed E-state index contributed by atoms with van der Waals surface area (Å²) in [5, 5.41) is -4.80. The van der Waals surface area contributed by atoms with Crippen LogP contribution in [0.15, 0.2) is 30.3 Å². The molecule has 23 heavy (non-hydrogen) atoms. The SMILES string of the molecule is C[P+](C)(C)c1ccccc1.O=S(=O)([O-])C(F)(F)C(F)(F)C(F)F. The maximum absolute atomic E-state index is 11.8. The van der Waals surface area contributed by atoms with Crippen molar-refractivity contribution in [2.24, 2.45) is 0 Å². The second-order valence-corrected chi connectivity index (χ2v) is 11.2. The van der Waals surface area contributed by atoms with Gasteiger partial charge in [0.2, 0.25) is 0 Å². The maximum atomic E-state index is 11.8. The Bertz CT molecular complexity index is 599. The Kier molecular flexibility index (Phi) is 7.08. The molecule has 0 aromatic heterocycles. The molecule has 0 aliphatic carbocycles. The first-order valence-corrected chi connectivity index (χ1v) is 10.4. The first-order valence-electron chi connectivity index (χ1n) is 5.91. The third-order valence-electron chi connectivity index (χ3n) is 2.51. The molecule has 1 aromatic carbocycles. The van der Waals surface area contributed by atoms with Gasteiger partial charge < -0.3 is 4.55 Å². The second-order valence-electron chi connectivity index (χ2n) is 5.24. The highest BCUT2D eigenvalue weighted by atomic mass is 32.2. The summed E-state index contributed by atoms with van der Waals surface area (Å²) in [5.74, 6) is -6.19. The summed E-state index contributed by atoms with van der Waals surface area (Å²) in [4.78, 5) is 0. The lowest BCUT2D eigenvalue weighted by atomic mass is 10.4. The minimum absolute atomic E-state index is 0.768. The molecule has 0 heterocycles. The van der Waals surface area contributed by atoms with E-state index in [1.807, 2.05) is 0 Å². The standard InChI is InChI=1S/C9H14P.C3H2F6O3S/c1-10(2,3)9-7-5-4-6-8-9;4-1(5)2(6,7)3(8,9)13(10,11)12/h4-8H,1-3H3;1H,(H,10,11,12)/q+1;/p-1. The van der Waals surface area contributed by atoms with E-state index in [-0.39, 0.29) is 0 Å². The molecule has 3 nitrogen and oxygen atoms in total. The molecule has 134 valence electrons. The van der Waals surface area contributed by atoms with Crippen molar-refractivity contribution < 1.29 is 39.3 Å². The van der Waals surface area contributed by atoms with Gasteiger partial charge in [-0.05, 0) is 12.1 Å². The Labute approximate surface area is 130 Å². The van der Waals surface area contributed by atoms with Crippen LogP contribution in [0, 0.1) is 0 Å². The lowest BCUT2D eigenvalue weighted by Crippen LogP contribution is -2.51. The summed E-state index contributed by atoms with van der Waals surface area (Å²) in [6.07, 6.45) is -4.94. The molecule has 0 saturated carbocycles. The van der Waals surface area contributed by atoms with E-state index >= 15 is 0 Å². The van der Waals surface area contributed by atoms with Crippen LogP contribution in [-0.2, 0) is 10.1 Å². The first-order chi connectivity index (χ1) is 10.0. The fourth-order valence-corrected chi connectivity index (χ4v) is 2.66. The van der Waals surface area contributed by atoms with E-state index < -0.39 is 35.0 Å². The lowest BCUT2D eigenvalue weighted by Gasteiger charge is -2.27. The van der Waals surface area contributed by atoms with E-state index in [0.29, 0.717) is 0 Å². The summed E-state index contributed by atoms with van der Waals surface area (Å²) in [7, 11) is -7.59. The molecule has 11 heteroatoms. The number of rotatable bonds is 4. The summed E-state index contributed by atoms with van der Waals surface area (Å²) in [5.41, 5.74) is 0. The van der Waals surface area contributed by atoms with Crippen LogP contribution in [0.2, 0.25) is 0 Å². The summed E-state index contributed by atoms with van der Waals surface area (Å²) in [6.45, 7) is 7.01. The van der Waals surface area contributed by atoms with Crippen LogP contribution in [0.4, 0.5) is 26.3 Å². The van der Waals surface area contributed by atoms with Gasteiger partial charge in [0.25, 0.3) is 0 Å². The largest absolute Gasteiger partial charge is 0.743 e. The summed E-state index contributed by atoms with van der Waals surface area (Å²) >= 11 is 0. The smallest absolute Gasteiger partial charge is 0.402 e. The van der Waals surface area contributed by atoms with Crippen molar-refractivity contribution in [3.05, 3.63) is 30.3 Å². The highest BCUT2D eigenvalue weighted by Crippen LogP contribution is 2.44. The van der Waals surface area contributed by atoms with Crippen molar-refractivity contribution in [3.8, 4) is 0 Å². The Morgan fingerprint density at radius 1 is 1.00 bits per heavy atom. The molecule has 1 rings (SSSR count). The highest BCUT2D eigenvalue weighted by molar-refractivity contribution is 7.86. The Hall–Kier alpha value is -0.860. The number of halogens is 6. The van der Waals surface area contributed by atoms with Crippen molar-refractivity contribution >= 4 is 22.7 Å². The van der Waals surface area contributed by atoms with Crippen molar-refractivity contribution in [1.29, 1.82) is 0 Å². The molecular weight excluding hydrogens is 369 g/mol. The van der Waals surface area contributed by atoms with E-state index in [9.17, 15) is 39.3 Å². The van der Waals surface area contributed by atoms with Crippen LogP contribution in [0.25, 0.3) is 0 Å². The molecule has 0 aliphatic heterocycles. The van der Waals surface area contributed by atoms with Crippen molar-refractivity contribution in [2.75, 3.05) is 20.0 Å². The van der Waals surface area contributed by atoms with Crippen LogP contribution in [0.1, 0.15) is 0 Å². The van der Waals surface area contributed by atoms with E-state index in [1.54, 1.807) is 0 Å². The van der Waals surface area contributed by atoms with E-state index in [1.165, 1.54) is 5.30 Å². The van der Waals surface area contributed by atoms with Gasteiger partial charge in [-0.3, -0.25) is 0 Å². The zero-order valence-electron chi connectivity index (χ0n) is 12.3. The van der Waals surface area contributed by atoms with Crippen LogP contribution in [-0.4, -0.2) is 50.6 Å². The molecule has 0 atom stereocenters. The quantitative estimate of drug-likeness (QED) is 0.455. The van der Waals surface area contributed by atoms with Gasteiger partial charge in [0.1, 0.15) is 0 Å². The normalized spacial score (nSPS) is 13.5. The fourth-order valence-electron chi connectivity index (χ4n) is 1.17. The van der Waals surface area contributed by atoms with Gasteiger partial charge in [0, 0.05) is 7.26 Å². The molecule has 0 N–H and O–H groups in total. The molecule has 0 aliphatic rings. The van der Waals surface area contributed by atoms with Gasteiger partial charge in [-0.15, -0.1) is 0 Å². The number of hydrogen-bond acceptors (Lipinski definition) is 3. The van der Waals surface area contributed by atoms with Crippen LogP contribution >= 0.6 is 7.26 Å². The fraction of sp³-hybridized carbons (Fsp3) is 0.500. The van der Waals surface area contributed by atoms with Gasteiger partial charge in [0.05, 0.1) is 25.3 Å². The van der Waals surface area contributed by atoms with E-state index in [4.69, 9.17) is 0 Å². The van der Waals surface area contributed by atoms with Gasteiger partial charge in [-0.2, -0.15) is 17.6 Å². The predicted molar refractivity (Wildman–Crippen MR) is 76.4 cm³/mol. The minimum atomic E-state index is -6.82. The minimum Gasteiger partial charge on any atom is -0.743 e. The van der Waals surface area contributed by atoms with Gasteiger partial charge in [-0.1, -0.05) is 18.2 Å². The van der Waals surface area contributed by atoms with E-state index in [0.717, 1.165) is 0 Å². The van der Waals surface area contributed by atoms with Gasteiger partial charge in [0.15, 0.2) is 10.1 Å². The molecule has 0 radical (unpaired) electrons. The second kappa shape index (κ2) is 7.36. The monoisotopic (exact) mass is 384 g/mol. The maximum Gasteiger partial charge on any atom is 0.402 e. The molecule has 1 aromatic rings. The molecule has 0 fully saturated rings. The Morgan fingerprint density at radius 3 is 1.57 bits per heavy atom. The predicted octanol–water partition coefficient (Wildman–Crippen LogP) is 3.24. The lowest BCUT2D eigenvalue weighted by molar-refractivity contribution is -0.227. The Morgan fingerprint density at radius 2 is 1.39 bits per heavy atom. The summed E-state index contributed by atoms with van der Waals surface area (Å²) in [6, 6.07) is 10.7. The van der Waals surface area contributed by atoms with Gasteiger partial charge in [-0.25, -0.2) is 17.2 Å². The van der Waals surface area contributed by atoms with Gasteiger partial charge >= 0.3 is 17.6 Å². The van der Waals surface area contributed by atoms with Crippen LogP contribution in [0.3, 0.4) is 0 Å². The van der Waals surface area contributed by atoms with E-state index in [2.05, 4.69) is 50.3 Å². The molecule has 0 saturated heterocycles. The number of alkyl halides is 6. The molecule has 0 unspecified atom stereocenters. The Balaban J connectivity index is 0.000000433. The number of hydrogen-bond donors (Lipinski definition) is 0. The first kappa shape index (κ1) is 22.1. The van der Waals surface area contributed by atoms with Crippen LogP contribution in [0.5, 0.6) is 0 Å². The summed E-state index contributed by atoms with van der Waals surface area (Å²) < 4.78 is 98.0. The van der Waals surface area contributed by atoms with Crippen molar-refractivity contribution in [1.82, 2.24) is 0 Å². The van der Waals surface area contributed by atoms with Crippen LogP contribution < -0.4 is 5.30 Å².